The summed E-state index contributed by atoms with van der Waals surface area (Å²) in [5.74, 6) is 2.47. The fraction of sp³-hybridized carbons (Fsp3) is 0.0909. The maximum absolute atomic E-state index is 12.4. The molecule has 0 aliphatic rings. The van der Waals surface area contributed by atoms with Crippen LogP contribution < -0.4 is 24.8 Å². The van der Waals surface area contributed by atoms with Gasteiger partial charge in [0.1, 0.15) is 12.1 Å². The van der Waals surface area contributed by atoms with E-state index in [-0.39, 0.29) is 0 Å². The molecule has 4 rings (SSSR count). The topological polar surface area (TPSA) is 112 Å². The van der Waals surface area contributed by atoms with Gasteiger partial charge in [-0.2, -0.15) is 5.10 Å². The van der Waals surface area contributed by atoms with Gasteiger partial charge in [0, 0.05) is 24.1 Å². The number of hydrogen-bond acceptors (Lipinski definition) is 7. The van der Waals surface area contributed by atoms with Crippen molar-refractivity contribution < 1.29 is 19.0 Å². The number of amides is 2. The van der Waals surface area contributed by atoms with E-state index in [0.29, 0.717) is 40.3 Å². The zero-order valence-corrected chi connectivity index (χ0v) is 17.4. The molecule has 10 heteroatoms. The number of methoxy groups -OCH3 is 2. The van der Waals surface area contributed by atoms with Gasteiger partial charge in [-0.25, -0.2) is 19.4 Å². The standard InChI is InChI=1S/C22H20N6O4/c1-30-18-6-3-5-17(21(18)31-2)27-22(29)26-15-7-9-16(10-8-15)32-20-13-19(23-14-24-20)28-12-4-11-25-28/h3-14H,1-2H3,(H2,26,27,29). The minimum atomic E-state index is -0.426. The largest absolute Gasteiger partial charge is 0.493 e. The Morgan fingerprint density at radius 2 is 1.81 bits per heavy atom. The van der Waals surface area contributed by atoms with Crippen molar-refractivity contribution in [2.75, 3.05) is 24.9 Å². The van der Waals surface area contributed by atoms with Gasteiger partial charge >= 0.3 is 6.03 Å². The molecule has 4 aromatic rings. The average molecular weight is 432 g/mol. The molecule has 162 valence electrons. The van der Waals surface area contributed by atoms with Gasteiger partial charge in [-0.15, -0.1) is 0 Å². The summed E-state index contributed by atoms with van der Waals surface area (Å²) in [5, 5.41) is 9.64. The van der Waals surface area contributed by atoms with Crippen molar-refractivity contribution in [2.24, 2.45) is 0 Å². The number of aromatic nitrogens is 4. The molecule has 2 heterocycles. The molecule has 10 nitrogen and oxygen atoms in total. The smallest absolute Gasteiger partial charge is 0.323 e. The van der Waals surface area contributed by atoms with Crippen molar-refractivity contribution in [1.82, 2.24) is 19.7 Å². The molecule has 2 amide bonds. The Morgan fingerprint density at radius 1 is 0.969 bits per heavy atom. The van der Waals surface area contributed by atoms with E-state index in [9.17, 15) is 4.79 Å². The number of carbonyl (C=O) groups excluding carboxylic acids is 1. The van der Waals surface area contributed by atoms with E-state index in [2.05, 4.69) is 25.7 Å². The quantitative estimate of drug-likeness (QED) is 0.452. The highest BCUT2D eigenvalue weighted by Gasteiger charge is 2.12. The van der Waals surface area contributed by atoms with E-state index in [4.69, 9.17) is 14.2 Å². The van der Waals surface area contributed by atoms with Crippen LogP contribution in [0, 0.1) is 0 Å². The van der Waals surface area contributed by atoms with E-state index in [1.807, 2.05) is 0 Å². The van der Waals surface area contributed by atoms with E-state index in [1.54, 1.807) is 71.7 Å². The van der Waals surface area contributed by atoms with Gasteiger partial charge in [-0.05, 0) is 42.5 Å². The first-order chi connectivity index (χ1) is 15.7. The van der Waals surface area contributed by atoms with E-state index in [0.717, 1.165) is 0 Å². The maximum Gasteiger partial charge on any atom is 0.323 e. The number of hydrogen-bond donors (Lipinski definition) is 2. The lowest BCUT2D eigenvalue weighted by Gasteiger charge is -2.14. The Kier molecular flexibility index (Phi) is 6.12. The fourth-order valence-corrected chi connectivity index (χ4v) is 2.91. The molecule has 0 fully saturated rings. The Hall–Kier alpha value is -4.60. The molecule has 0 saturated carbocycles. The summed E-state index contributed by atoms with van der Waals surface area (Å²) in [5.41, 5.74) is 1.07. The molecular formula is C22H20N6O4. The lowest BCUT2D eigenvalue weighted by molar-refractivity contribution is 0.262. The molecule has 2 N–H and O–H groups in total. The molecule has 32 heavy (non-hydrogen) atoms. The van der Waals surface area contributed by atoms with Crippen molar-refractivity contribution >= 4 is 17.4 Å². The molecule has 2 aromatic carbocycles. The zero-order chi connectivity index (χ0) is 22.3. The SMILES string of the molecule is COc1cccc(NC(=O)Nc2ccc(Oc3cc(-n4cccn4)ncn3)cc2)c1OC. The van der Waals surface area contributed by atoms with Gasteiger partial charge in [-0.3, -0.25) is 0 Å². The average Bonchev–Trinajstić information content (AvgIpc) is 3.35. The number of ether oxygens (including phenoxy) is 3. The summed E-state index contributed by atoms with van der Waals surface area (Å²) >= 11 is 0. The molecule has 0 unspecified atom stereocenters. The van der Waals surface area contributed by atoms with Crippen LogP contribution in [0.2, 0.25) is 0 Å². The van der Waals surface area contributed by atoms with Crippen molar-refractivity contribution in [1.29, 1.82) is 0 Å². The van der Waals surface area contributed by atoms with Gasteiger partial charge in [0.2, 0.25) is 5.88 Å². The molecular weight excluding hydrogens is 412 g/mol. The third kappa shape index (κ3) is 4.75. The number of carbonyl (C=O) groups is 1. The number of nitrogens with one attached hydrogen (secondary N) is 2. The van der Waals surface area contributed by atoms with Gasteiger partial charge < -0.3 is 24.8 Å². The molecule has 2 aromatic heterocycles. The van der Waals surface area contributed by atoms with Crippen LogP contribution in [0.1, 0.15) is 0 Å². The molecule has 0 saturated heterocycles. The number of nitrogens with zero attached hydrogens (tertiary/aromatic N) is 4. The minimum absolute atomic E-state index is 0.370. The second kappa shape index (κ2) is 9.47. The summed E-state index contributed by atoms with van der Waals surface area (Å²) in [7, 11) is 3.04. The monoisotopic (exact) mass is 432 g/mol. The van der Waals surface area contributed by atoms with Crippen molar-refractivity contribution in [3.63, 3.8) is 0 Å². The van der Waals surface area contributed by atoms with Gasteiger partial charge in [0.05, 0.1) is 19.9 Å². The van der Waals surface area contributed by atoms with Crippen molar-refractivity contribution in [3.05, 3.63) is 73.3 Å². The summed E-state index contributed by atoms with van der Waals surface area (Å²) in [4.78, 5) is 20.7. The van der Waals surface area contributed by atoms with Crippen LogP contribution in [-0.4, -0.2) is 40.0 Å². The summed E-state index contributed by atoms with van der Waals surface area (Å²) in [6.45, 7) is 0. The van der Waals surface area contributed by atoms with E-state index < -0.39 is 6.03 Å². The van der Waals surface area contributed by atoms with Crippen molar-refractivity contribution in [3.8, 4) is 28.9 Å². The van der Waals surface area contributed by atoms with Crippen LogP contribution in [-0.2, 0) is 0 Å². The normalized spacial score (nSPS) is 10.3. The maximum atomic E-state index is 12.4. The van der Waals surface area contributed by atoms with Crippen LogP contribution in [0.25, 0.3) is 5.82 Å². The Labute approximate surface area is 183 Å². The van der Waals surface area contributed by atoms with Gasteiger partial charge in [0.15, 0.2) is 17.3 Å². The van der Waals surface area contributed by atoms with E-state index >= 15 is 0 Å². The predicted molar refractivity (Wildman–Crippen MR) is 118 cm³/mol. The summed E-state index contributed by atoms with van der Waals surface area (Å²) < 4.78 is 18.0. The Morgan fingerprint density at radius 3 is 2.53 bits per heavy atom. The molecule has 0 atom stereocenters. The predicted octanol–water partition coefficient (Wildman–Crippen LogP) is 4.12. The molecule has 0 bridgehead atoms. The molecule has 0 spiro atoms. The van der Waals surface area contributed by atoms with Crippen LogP contribution in [0.4, 0.5) is 16.2 Å². The summed E-state index contributed by atoms with van der Waals surface area (Å²) in [6, 6.07) is 15.1. The Bertz CT molecular complexity index is 1200. The fourth-order valence-electron chi connectivity index (χ4n) is 2.91. The number of anilines is 2. The third-order valence-corrected chi connectivity index (χ3v) is 4.35. The third-order valence-electron chi connectivity index (χ3n) is 4.35. The number of rotatable bonds is 7. The number of para-hydroxylation sites is 1. The first kappa shape index (κ1) is 20.7. The second-order valence-corrected chi connectivity index (χ2v) is 6.41. The zero-order valence-electron chi connectivity index (χ0n) is 17.4. The van der Waals surface area contributed by atoms with Crippen molar-refractivity contribution in [2.45, 2.75) is 0 Å². The first-order valence-corrected chi connectivity index (χ1v) is 9.55. The first-order valence-electron chi connectivity index (χ1n) is 9.55. The van der Waals surface area contributed by atoms with Crippen LogP contribution >= 0.6 is 0 Å². The molecule has 0 aliphatic carbocycles. The van der Waals surface area contributed by atoms with Crippen LogP contribution in [0.15, 0.2) is 73.3 Å². The number of benzene rings is 2. The second-order valence-electron chi connectivity index (χ2n) is 6.41. The van der Waals surface area contributed by atoms with E-state index in [1.165, 1.54) is 20.5 Å². The highest BCUT2D eigenvalue weighted by Crippen LogP contribution is 2.34. The lowest BCUT2D eigenvalue weighted by Crippen LogP contribution is -2.19. The van der Waals surface area contributed by atoms with Crippen LogP contribution in [0.5, 0.6) is 23.1 Å². The lowest BCUT2D eigenvalue weighted by atomic mass is 10.2. The van der Waals surface area contributed by atoms with Gasteiger partial charge in [0.25, 0.3) is 0 Å². The Balaban J connectivity index is 1.39. The highest BCUT2D eigenvalue weighted by atomic mass is 16.5. The molecule has 0 aliphatic heterocycles. The molecule has 0 radical (unpaired) electrons. The highest BCUT2D eigenvalue weighted by molar-refractivity contribution is 6.01. The minimum Gasteiger partial charge on any atom is -0.493 e. The van der Waals surface area contributed by atoms with Crippen LogP contribution in [0.3, 0.4) is 0 Å². The van der Waals surface area contributed by atoms with Gasteiger partial charge in [-0.1, -0.05) is 6.07 Å². The summed E-state index contributed by atoms with van der Waals surface area (Å²) in [6.07, 6.45) is 4.84. The number of urea groups is 1.